The number of hydrogen-bond acceptors (Lipinski definition) is 3. The van der Waals surface area contributed by atoms with Crippen LogP contribution in [0, 0.1) is 0 Å². The topological polar surface area (TPSA) is 58.6 Å². The molecular formula is C18H21NO3. The molecule has 0 saturated heterocycles. The second-order valence-corrected chi connectivity index (χ2v) is 5.10. The molecule has 1 atom stereocenters. The van der Waals surface area contributed by atoms with Gasteiger partial charge in [0.1, 0.15) is 6.61 Å². The molecule has 0 saturated carbocycles. The number of carbonyl (C=O) groups is 1. The zero-order valence-corrected chi connectivity index (χ0v) is 12.4. The second-order valence-electron chi connectivity index (χ2n) is 5.10. The molecule has 0 aromatic heterocycles. The van der Waals surface area contributed by atoms with Crippen molar-refractivity contribution in [1.29, 1.82) is 0 Å². The minimum Gasteiger partial charge on any atom is -0.445 e. The highest BCUT2D eigenvalue weighted by atomic mass is 16.5. The molecule has 0 fully saturated rings. The SMILES string of the molecule is O=C(N[C@H](CCO)Cc1ccccc1)OCc1ccccc1. The minimum atomic E-state index is -0.460. The van der Waals surface area contributed by atoms with Crippen molar-refractivity contribution in [2.75, 3.05) is 6.61 Å². The van der Waals surface area contributed by atoms with E-state index in [9.17, 15) is 4.79 Å². The van der Waals surface area contributed by atoms with Crippen molar-refractivity contribution in [3.8, 4) is 0 Å². The smallest absolute Gasteiger partial charge is 0.407 e. The molecule has 2 rings (SSSR count). The van der Waals surface area contributed by atoms with Crippen LogP contribution in [0.4, 0.5) is 4.79 Å². The van der Waals surface area contributed by atoms with Gasteiger partial charge in [-0.15, -0.1) is 0 Å². The summed E-state index contributed by atoms with van der Waals surface area (Å²) in [6, 6.07) is 19.3. The van der Waals surface area contributed by atoms with Gasteiger partial charge in [0.2, 0.25) is 0 Å². The fourth-order valence-electron chi connectivity index (χ4n) is 2.21. The number of nitrogens with one attached hydrogen (secondary N) is 1. The highest BCUT2D eigenvalue weighted by Gasteiger charge is 2.13. The number of ether oxygens (including phenoxy) is 1. The average Bonchev–Trinajstić information content (AvgIpc) is 2.55. The summed E-state index contributed by atoms with van der Waals surface area (Å²) in [5.41, 5.74) is 2.06. The maximum Gasteiger partial charge on any atom is 0.407 e. The van der Waals surface area contributed by atoms with Gasteiger partial charge in [-0.3, -0.25) is 0 Å². The van der Waals surface area contributed by atoms with Crippen LogP contribution in [-0.4, -0.2) is 23.8 Å². The van der Waals surface area contributed by atoms with Crippen LogP contribution < -0.4 is 5.32 Å². The summed E-state index contributed by atoms with van der Waals surface area (Å²) in [6.45, 7) is 0.264. The van der Waals surface area contributed by atoms with Crippen LogP contribution in [0.2, 0.25) is 0 Å². The quantitative estimate of drug-likeness (QED) is 0.826. The first-order valence-electron chi connectivity index (χ1n) is 7.40. The summed E-state index contributed by atoms with van der Waals surface area (Å²) < 4.78 is 5.21. The zero-order valence-electron chi connectivity index (χ0n) is 12.4. The van der Waals surface area contributed by atoms with Gasteiger partial charge in [0.15, 0.2) is 0 Å². The Morgan fingerprint density at radius 2 is 1.59 bits per heavy atom. The summed E-state index contributed by atoms with van der Waals surface area (Å²) in [5, 5.41) is 12.0. The van der Waals surface area contributed by atoms with Crippen molar-refractivity contribution in [2.24, 2.45) is 0 Å². The zero-order chi connectivity index (χ0) is 15.6. The third kappa shape index (κ3) is 5.58. The molecule has 2 N–H and O–H groups in total. The molecule has 0 heterocycles. The Balaban J connectivity index is 1.83. The molecule has 0 unspecified atom stereocenters. The van der Waals surface area contributed by atoms with Crippen LogP contribution in [-0.2, 0) is 17.8 Å². The summed E-state index contributed by atoms with van der Waals surface area (Å²) in [5.74, 6) is 0. The van der Waals surface area contributed by atoms with E-state index in [2.05, 4.69) is 5.32 Å². The molecule has 22 heavy (non-hydrogen) atoms. The van der Waals surface area contributed by atoms with Gasteiger partial charge in [0, 0.05) is 12.6 Å². The minimum absolute atomic E-state index is 0.0243. The number of benzene rings is 2. The molecule has 4 nitrogen and oxygen atoms in total. The lowest BCUT2D eigenvalue weighted by molar-refractivity contribution is 0.133. The van der Waals surface area contributed by atoms with Crippen LogP contribution in [0.15, 0.2) is 60.7 Å². The molecule has 0 radical (unpaired) electrons. The van der Waals surface area contributed by atoms with Crippen molar-refractivity contribution in [3.05, 3.63) is 71.8 Å². The predicted octanol–water partition coefficient (Wildman–Crippen LogP) is 2.91. The Morgan fingerprint density at radius 3 is 2.18 bits per heavy atom. The van der Waals surface area contributed by atoms with E-state index >= 15 is 0 Å². The Kier molecular flexibility index (Phi) is 6.45. The lowest BCUT2D eigenvalue weighted by atomic mass is 10.0. The monoisotopic (exact) mass is 299 g/mol. The van der Waals surface area contributed by atoms with Gasteiger partial charge in [-0.2, -0.15) is 0 Å². The number of aliphatic hydroxyl groups excluding tert-OH is 1. The van der Waals surface area contributed by atoms with E-state index < -0.39 is 6.09 Å². The Morgan fingerprint density at radius 1 is 1.00 bits per heavy atom. The maximum absolute atomic E-state index is 11.9. The summed E-state index contributed by atoms with van der Waals surface area (Å²) in [4.78, 5) is 11.9. The molecule has 2 aromatic rings. The van der Waals surface area contributed by atoms with E-state index in [1.165, 1.54) is 0 Å². The van der Waals surface area contributed by atoms with E-state index in [4.69, 9.17) is 9.84 Å². The van der Waals surface area contributed by atoms with E-state index in [1.54, 1.807) is 0 Å². The Bertz CT molecular complexity index is 557. The number of carbonyl (C=O) groups excluding carboxylic acids is 1. The molecule has 0 aliphatic rings. The van der Waals surface area contributed by atoms with Crippen molar-refractivity contribution < 1.29 is 14.6 Å². The van der Waals surface area contributed by atoms with Crippen LogP contribution in [0.25, 0.3) is 0 Å². The van der Waals surface area contributed by atoms with Gasteiger partial charge in [-0.25, -0.2) is 4.79 Å². The first kappa shape index (κ1) is 16.0. The van der Waals surface area contributed by atoms with Crippen LogP contribution in [0.5, 0.6) is 0 Å². The molecule has 2 aromatic carbocycles. The molecule has 0 bridgehead atoms. The molecule has 0 aliphatic carbocycles. The maximum atomic E-state index is 11.9. The third-order valence-corrected chi connectivity index (χ3v) is 3.34. The average molecular weight is 299 g/mol. The van der Waals surface area contributed by atoms with E-state index in [-0.39, 0.29) is 19.3 Å². The summed E-state index contributed by atoms with van der Waals surface area (Å²) in [6.07, 6.45) is 0.704. The highest BCUT2D eigenvalue weighted by molar-refractivity contribution is 5.67. The Hall–Kier alpha value is -2.33. The molecule has 0 spiro atoms. The van der Waals surface area contributed by atoms with E-state index in [0.29, 0.717) is 12.8 Å². The van der Waals surface area contributed by atoms with Crippen molar-refractivity contribution in [2.45, 2.75) is 25.5 Å². The van der Waals surface area contributed by atoms with Crippen molar-refractivity contribution in [1.82, 2.24) is 5.32 Å². The third-order valence-electron chi connectivity index (χ3n) is 3.34. The van der Waals surface area contributed by atoms with Gasteiger partial charge >= 0.3 is 6.09 Å². The van der Waals surface area contributed by atoms with Gasteiger partial charge in [0.05, 0.1) is 0 Å². The van der Waals surface area contributed by atoms with Gasteiger partial charge in [0.25, 0.3) is 0 Å². The molecule has 1 amide bonds. The first-order chi connectivity index (χ1) is 10.8. The normalized spacial score (nSPS) is 11.7. The lowest BCUT2D eigenvalue weighted by Gasteiger charge is -2.17. The molecule has 0 aliphatic heterocycles. The van der Waals surface area contributed by atoms with Crippen molar-refractivity contribution >= 4 is 6.09 Å². The second kappa shape index (κ2) is 8.85. The van der Waals surface area contributed by atoms with Crippen LogP contribution in [0.3, 0.4) is 0 Å². The fourth-order valence-corrected chi connectivity index (χ4v) is 2.21. The van der Waals surface area contributed by atoms with Gasteiger partial charge in [-0.05, 0) is 24.0 Å². The van der Waals surface area contributed by atoms with Gasteiger partial charge < -0.3 is 15.2 Å². The number of alkyl carbamates (subject to hydrolysis) is 1. The standard InChI is InChI=1S/C18H21NO3/c20-12-11-17(13-15-7-3-1-4-8-15)19-18(21)22-14-16-9-5-2-6-10-16/h1-10,17,20H,11-14H2,(H,19,21)/t17-/m1/s1. The summed E-state index contributed by atoms with van der Waals surface area (Å²) >= 11 is 0. The number of hydrogen-bond donors (Lipinski definition) is 2. The van der Waals surface area contributed by atoms with Gasteiger partial charge in [-0.1, -0.05) is 60.7 Å². The predicted molar refractivity (Wildman–Crippen MR) is 85.4 cm³/mol. The summed E-state index contributed by atoms with van der Waals surface area (Å²) in [7, 11) is 0. The van der Waals surface area contributed by atoms with Crippen molar-refractivity contribution in [3.63, 3.8) is 0 Å². The lowest BCUT2D eigenvalue weighted by Crippen LogP contribution is -2.37. The number of aliphatic hydroxyl groups is 1. The van der Waals surface area contributed by atoms with Crippen LogP contribution >= 0.6 is 0 Å². The Labute approximate surface area is 130 Å². The highest BCUT2D eigenvalue weighted by Crippen LogP contribution is 2.07. The molecule has 116 valence electrons. The molecular weight excluding hydrogens is 278 g/mol. The fraction of sp³-hybridized carbons (Fsp3) is 0.278. The largest absolute Gasteiger partial charge is 0.445 e. The number of amides is 1. The van der Waals surface area contributed by atoms with Crippen LogP contribution in [0.1, 0.15) is 17.5 Å². The van der Waals surface area contributed by atoms with E-state index in [0.717, 1.165) is 11.1 Å². The molecule has 4 heteroatoms. The van der Waals surface area contributed by atoms with E-state index in [1.807, 2.05) is 60.7 Å². The number of rotatable bonds is 7. The first-order valence-corrected chi connectivity index (χ1v) is 7.40.